The lowest BCUT2D eigenvalue weighted by atomic mass is 10.0. The molecule has 1 atom stereocenters. The van der Waals surface area contributed by atoms with Crippen LogP contribution >= 0.6 is 11.8 Å². The maximum atomic E-state index is 12.5. The summed E-state index contributed by atoms with van der Waals surface area (Å²) in [7, 11) is 2.91. The van der Waals surface area contributed by atoms with Gasteiger partial charge in [-0.3, -0.25) is 4.79 Å². The Labute approximate surface area is 166 Å². The summed E-state index contributed by atoms with van der Waals surface area (Å²) in [6.07, 6.45) is 1.87. The molecule has 9 heteroatoms. The number of nitrogens with one attached hydrogen (secondary N) is 1. The molecular formula is C19H23NO7S. The molecule has 8 nitrogen and oxygen atoms in total. The van der Waals surface area contributed by atoms with Crippen LogP contribution in [-0.2, 0) is 16.0 Å². The predicted octanol–water partition coefficient (Wildman–Crippen LogP) is 1.98. The minimum atomic E-state index is -1.11. The van der Waals surface area contributed by atoms with Crippen LogP contribution in [0.3, 0.4) is 0 Å². The van der Waals surface area contributed by atoms with Crippen molar-refractivity contribution in [2.75, 3.05) is 26.2 Å². The topological polar surface area (TPSA) is 115 Å². The van der Waals surface area contributed by atoms with Crippen molar-refractivity contribution in [1.29, 1.82) is 0 Å². The number of amides is 1. The van der Waals surface area contributed by atoms with Gasteiger partial charge in [0.15, 0.2) is 11.3 Å². The summed E-state index contributed by atoms with van der Waals surface area (Å²) in [6, 6.07) is 2.40. The van der Waals surface area contributed by atoms with Crippen LogP contribution in [0, 0.1) is 6.92 Å². The molecule has 0 saturated heterocycles. The minimum Gasteiger partial charge on any atom is -0.493 e. The van der Waals surface area contributed by atoms with Crippen molar-refractivity contribution < 1.29 is 28.6 Å². The molecule has 0 aliphatic rings. The lowest BCUT2D eigenvalue weighted by Crippen LogP contribution is -2.42. The SMILES string of the molecule is COc1ccc2c(C)c(CC(=O)N[C@@H](CCSC)C(=O)O)c(=O)oc2c1OC. The van der Waals surface area contributed by atoms with Crippen LogP contribution in [0.25, 0.3) is 11.0 Å². The van der Waals surface area contributed by atoms with E-state index < -0.39 is 23.5 Å². The number of hydrogen-bond donors (Lipinski definition) is 2. The van der Waals surface area contributed by atoms with Gasteiger partial charge in [0.25, 0.3) is 0 Å². The number of thioether (sulfide) groups is 1. The summed E-state index contributed by atoms with van der Waals surface area (Å²) < 4.78 is 15.9. The zero-order chi connectivity index (χ0) is 20.8. The van der Waals surface area contributed by atoms with Crippen molar-refractivity contribution in [3.63, 3.8) is 0 Å². The molecule has 1 aromatic carbocycles. The molecule has 2 N–H and O–H groups in total. The number of hydrogen-bond acceptors (Lipinski definition) is 7. The Morgan fingerprint density at radius 1 is 1.29 bits per heavy atom. The molecule has 0 aliphatic carbocycles. The number of carbonyl (C=O) groups excluding carboxylic acids is 1. The highest BCUT2D eigenvalue weighted by Crippen LogP contribution is 2.36. The second kappa shape index (κ2) is 9.50. The summed E-state index contributed by atoms with van der Waals surface area (Å²) in [5.74, 6) is -0.360. The average molecular weight is 409 g/mol. The van der Waals surface area contributed by atoms with Gasteiger partial charge in [-0.15, -0.1) is 0 Å². The largest absolute Gasteiger partial charge is 0.493 e. The number of rotatable bonds is 9. The van der Waals surface area contributed by atoms with Gasteiger partial charge >= 0.3 is 11.6 Å². The molecule has 0 fully saturated rings. The van der Waals surface area contributed by atoms with E-state index >= 15 is 0 Å². The Hall–Kier alpha value is -2.68. The fourth-order valence-corrected chi connectivity index (χ4v) is 3.34. The quantitative estimate of drug-likeness (QED) is 0.604. The van der Waals surface area contributed by atoms with Crippen molar-refractivity contribution in [2.45, 2.75) is 25.8 Å². The van der Waals surface area contributed by atoms with Crippen LogP contribution < -0.4 is 20.4 Å². The summed E-state index contributed by atoms with van der Waals surface area (Å²) in [5, 5.41) is 12.3. The van der Waals surface area contributed by atoms with Crippen molar-refractivity contribution in [3.05, 3.63) is 33.7 Å². The molecule has 28 heavy (non-hydrogen) atoms. The van der Waals surface area contributed by atoms with E-state index in [9.17, 15) is 19.5 Å². The van der Waals surface area contributed by atoms with Crippen LogP contribution in [0.4, 0.5) is 0 Å². The van der Waals surface area contributed by atoms with E-state index in [1.54, 1.807) is 19.1 Å². The van der Waals surface area contributed by atoms with E-state index in [4.69, 9.17) is 13.9 Å². The maximum Gasteiger partial charge on any atom is 0.340 e. The second-order valence-electron chi connectivity index (χ2n) is 6.09. The number of fused-ring (bicyclic) bond motifs is 1. The molecule has 0 unspecified atom stereocenters. The first-order valence-corrected chi connectivity index (χ1v) is 9.91. The van der Waals surface area contributed by atoms with Crippen LogP contribution in [0.1, 0.15) is 17.5 Å². The molecule has 1 amide bonds. The first-order chi connectivity index (χ1) is 13.3. The first kappa shape index (κ1) is 21.6. The van der Waals surface area contributed by atoms with Crippen molar-refractivity contribution in [2.24, 2.45) is 0 Å². The van der Waals surface area contributed by atoms with E-state index in [2.05, 4.69) is 5.32 Å². The Kier molecular flexibility index (Phi) is 7.33. The van der Waals surface area contributed by atoms with Crippen LogP contribution in [0.5, 0.6) is 11.5 Å². The maximum absolute atomic E-state index is 12.5. The highest BCUT2D eigenvalue weighted by atomic mass is 32.2. The van der Waals surface area contributed by atoms with Gasteiger partial charge in [0.05, 0.1) is 26.2 Å². The Morgan fingerprint density at radius 3 is 2.57 bits per heavy atom. The fourth-order valence-electron chi connectivity index (χ4n) is 2.87. The van der Waals surface area contributed by atoms with Crippen molar-refractivity contribution in [3.8, 4) is 11.5 Å². The Balaban J connectivity index is 2.36. The summed E-state index contributed by atoms with van der Waals surface area (Å²) >= 11 is 1.49. The third kappa shape index (κ3) is 4.59. The standard InChI is InChI=1S/C19H23NO7S/c1-10-11-5-6-14(25-2)17(26-3)16(11)27-19(24)12(10)9-15(21)20-13(18(22)23)7-8-28-4/h5-6,13H,7-9H2,1-4H3,(H,20,21)(H,22,23)/t13-/m0/s1. The van der Waals surface area contributed by atoms with Gasteiger partial charge in [-0.25, -0.2) is 9.59 Å². The molecule has 2 rings (SSSR count). The number of ether oxygens (including phenoxy) is 2. The van der Waals surface area contributed by atoms with Gasteiger partial charge < -0.3 is 24.3 Å². The molecule has 0 spiro atoms. The van der Waals surface area contributed by atoms with Crippen LogP contribution in [0.15, 0.2) is 21.3 Å². The van der Waals surface area contributed by atoms with E-state index in [1.807, 2.05) is 6.26 Å². The molecule has 0 bridgehead atoms. The van der Waals surface area contributed by atoms with E-state index in [1.165, 1.54) is 26.0 Å². The number of carbonyl (C=O) groups is 2. The summed E-state index contributed by atoms with van der Waals surface area (Å²) in [4.78, 5) is 36.1. The molecule has 2 aromatic rings. The molecule has 1 heterocycles. The fraction of sp³-hybridized carbons (Fsp3) is 0.421. The monoisotopic (exact) mass is 409 g/mol. The van der Waals surface area contributed by atoms with Crippen LogP contribution in [-0.4, -0.2) is 49.3 Å². The smallest absolute Gasteiger partial charge is 0.340 e. The zero-order valence-electron chi connectivity index (χ0n) is 16.2. The second-order valence-corrected chi connectivity index (χ2v) is 7.07. The van der Waals surface area contributed by atoms with Crippen LogP contribution in [0.2, 0.25) is 0 Å². The van der Waals surface area contributed by atoms with Gasteiger partial charge in [0.2, 0.25) is 11.7 Å². The molecule has 0 saturated carbocycles. The van der Waals surface area contributed by atoms with E-state index in [0.717, 1.165) is 0 Å². The lowest BCUT2D eigenvalue weighted by molar-refractivity contribution is -0.141. The van der Waals surface area contributed by atoms with Gasteiger partial charge in [-0.1, -0.05) is 0 Å². The average Bonchev–Trinajstić information content (AvgIpc) is 2.67. The number of aryl methyl sites for hydroxylation is 1. The number of carboxylic acids is 1. The third-order valence-corrected chi connectivity index (χ3v) is 5.02. The molecular weight excluding hydrogens is 386 g/mol. The highest BCUT2D eigenvalue weighted by Gasteiger charge is 2.23. The van der Waals surface area contributed by atoms with Crippen molar-refractivity contribution in [1.82, 2.24) is 5.32 Å². The van der Waals surface area contributed by atoms with Gasteiger partial charge in [-0.05, 0) is 43.0 Å². The van der Waals surface area contributed by atoms with Gasteiger partial charge in [0, 0.05) is 5.39 Å². The number of methoxy groups -OCH3 is 2. The number of carboxylic acid groups (broad SMARTS) is 1. The number of benzene rings is 1. The summed E-state index contributed by atoms with van der Waals surface area (Å²) in [5.41, 5.74) is 0.296. The normalized spacial score (nSPS) is 11.9. The van der Waals surface area contributed by atoms with Crippen molar-refractivity contribution >= 4 is 34.6 Å². The van der Waals surface area contributed by atoms with Gasteiger partial charge in [0.1, 0.15) is 6.04 Å². The first-order valence-electron chi connectivity index (χ1n) is 8.52. The third-order valence-electron chi connectivity index (χ3n) is 4.38. The molecule has 0 aliphatic heterocycles. The molecule has 152 valence electrons. The summed E-state index contributed by atoms with van der Waals surface area (Å²) in [6.45, 7) is 1.70. The zero-order valence-corrected chi connectivity index (χ0v) is 17.0. The highest BCUT2D eigenvalue weighted by molar-refractivity contribution is 7.98. The Morgan fingerprint density at radius 2 is 2.00 bits per heavy atom. The minimum absolute atomic E-state index is 0.172. The molecule has 0 radical (unpaired) electrons. The van der Waals surface area contributed by atoms with E-state index in [-0.39, 0.29) is 17.6 Å². The Bertz CT molecular complexity index is 938. The van der Waals surface area contributed by atoms with E-state index in [0.29, 0.717) is 34.6 Å². The molecule has 1 aromatic heterocycles. The lowest BCUT2D eigenvalue weighted by Gasteiger charge is -2.15. The van der Waals surface area contributed by atoms with Gasteiger partial charge in [-0.2, -0.15) is 11.8 Å². The number of aliphatic carboxylic acids is 1. The predicted molar refractivity (Wildman–Crippen MR) is 107 cm³/mol.